The van der Waals surface area contributed by atoms with Crippen LogP contribution in [0.25, 0.3) is 0 Å². The lowest BCUT2D eigenvalue weighted by atomic mass is 9.91. The molecule has 3 N–H and O–H groups in total. The highest BCUT2D eigenvalue weighted by Gasteiger charge is 2.24. The van der Waals surface area contributed by atoms with E-state index in [-0.39, 0.29) is 6.61 Å². The Labute approximate surface area is 96.1 Å². The fraction of sp³-hybridized carbons (Fsp3) is 0.583. The van der Waals surface area contributed by atoms with Crippen LogP contribution in [0.4, 0.5) is 11.5 Å². The minimum absolute atomic E-state index is 0.242. The van der Waals surface area contributed by atoms with Gasteiger partial charge < -0.3 is 15.7 Å². The van der Waals surface area contributed by atoms with Gasteiger partial charge in [-0.05, 0) is 37.8 Å². The van der Waals surface area contributed by atoms with Gasteiger partial charge in [0.15, 0.2) is 0 Å². The lowest BCUT2D eigenvalue weighted by Gasteiger charge is -2.39. The normalized spacial score (nSPS) is 15.8. The van der Waals surface area contributed by atoms with Crippen LogP contribution in [0, 0.1) is 0 Å². The highest BCUT2D eigenvalue weighted by atomic mass is 16.3. The van der Waals surface area contributed by atoms with Gasteiger partial charge in [0, 0.05) is 19.2 Å². The van der Waals surface area contributed by atoms with E-state index in [9.17, 15) is 0 Å². The van der Waals surface area contributed by atoms with Crippen molar-refractivity contribution in [1.29, 1.82) is 0 Å². The SMILES string of the molecule is Nc1ccc(N(CCCO)C2CCC2)cn1. The van der Waals surface area contributed by atoms with Crippen molar-refractivity contribution in [2.75, 3.05) is 23.8 Å². The number of nitrogens with two attached hydrogens (primary N) is 1. The predicted octanol–water partition coefficient (Wildman–Crippen LogP) is 1.41. The van der Waals surface area contributed by atoms with Gasteiger partial charge in [-0.1, -0.05) is 0 Å². The first-order chi connectivity index (χ1) is 7.81. The fourth-order valence-electron chi connectivity index (χ4n) is 2.03. The van der Waals surface area contributed by atoms with Crippen LogP contribution in [0.5, 0.6) is 0 Å². The number of nitrogens with zero attached hydrogens (tertiary/aromatic N) is 2. The highest BCUT2D eigenvalue weighted by Crippen LogP contribution is 2.29. The van der Waals surface area contributed by atoms with Gasteiger partial charge in [-0.3, -0.25) is 0 Å². The summed E-state index contributed by atoms with van der Waals surface area (Å²) < 4.78 is 0. The molecule has 2 rings (SSSR count). The zero-order valence-corrected chi connectivity index (χ0v) is 9.47. The molecule has 0 radical (unpaired) electrons. The summed E-state index contributed by atoms with van der Waals surface area (Å²) in [5.74, 6) is 0.555. The second-order valence-electron chi connectivity index (χ2n) is 4.30. The van der Waals surface area contributed by atoms with Gasteiger partial charge in [-0.2, -0.15) is 0 Å². The average Bonchev–Trinajstić information content (AvgIpc) is 2.23. The Hall–Kier alpha value is -1.29. The van der Waals surface area contributed by atoms with E-state index in [1.165, 1.54) is 19.3 Å². The number of nitrogen functional groups attached to an aromatic ring is 1. The molecule has 0 bridgehead atoms. The van der Waals surface area contributed by atoms with E-state index >= 15 is 0 Å². The third-order valence-electron chi connectivity index (χ3n) is 3.17. The molecule has 4 nitrogen and oxygen atoms in total. The summed E-state index contributed by atoms with van der Waals surface area (Å²) in [4.78, 5) is 6.46. The first kappa shape index (κ1) is 11.2. The third kappa shape index (κ3) is 2.44. The number of pyridine rings is 1. The molecule has 0 spiro atoms. The molecule has 88 valence electrons. The molecule has 0 unspecified atom stereocenters. The van der Waals surface area contributed by atoms with E-state index in [1.54, 1.807) is 0 Å². The van der Waals surface area contributed by atoms with E-state index in [4.69, 9.17) is 10.8 Å². The van der Waals surface area contributed by atoms with Crippen molar-refractivity contribution < 1.29 is 5.11 Å². The second kappa shape index (κ2) is 5.16. The van der Waals surface area contributed by atoms with Crippen molar-refractivity contribution in [3.05, 3.63) is 18.3 Å². The zero-order chi connectivity index (χ0) is 11.4. The molecule has 0 atom stereocenters. The zero-order valence-electron chi connectivity index (χ0n) is 9.47. The van der Waals surface area contributed by atoms with Crippen LogP contribution < -0.4 is 10.6 Å². The Bertz CT molecular complexity index is 322. The van der Waals surface area contributed by atoms with Crippen LogP contribution in [-0.4, -0.2) is 29.3 Å². The van der Waals surface area contributed by atoms with Crippen LogP contribution in [0.15, 0.2) is 18.3 Å². The molecule has 0 aliphatic heterocycles. The van der Waals surface area contributed by atoms with Crippen LogP contribution in [0.3, 0.4) is 0 Å². The van der Waals surface area contributed by atoms with Crippen molar-refractivity contribution in [3.8, 4) is 0 Å². The summed E-state index contributed by atoms with van der Waals surface area (Å²) in [7, 11) is 0. The van der Waals surface area contributed by atoms with E-state index < -0.39 is 0 Å². The van der Waals surface area contributed by atoms with Crippen LogP contribution in [0.1, 0.15) is 25.7 Å². The maximum atomic E-state index is 8.92. The number of rotatable bonds is 5. The maximum Gasteiger partial charge on any atom is 0.123 e. The molecule has 1 aromatic rings. The summed E-state index contributed by atoms with van der Waals surface area (Å²) in [6.07, 6.45) is 6.43. The van der Waals surface area contributed by atoms with Gasteiger partial charge in [0.2, 0.25) is 0 Å². The number of aliphatic hydroxyl groups is 1. The first-order valence-electron chi connectivity index (χ1n) is 5.90. The van der Waals surface area contributed by atoms with E-state index in [1.807, 2.05) is 18.3 Å². The van der Waals surface area contributed by atoms with E-state index in [2.05, 4.69) is 9.88 Å². The molecule has 1 fully saturated rings. The quantitative estimate of drug-likeness (QED) is 0.789. The van der Waals surface area contributed by atoms with Crippen molar-refractivity contribution in [1.82, 2.24) is 4.98 Å². The number of anilines is 2. The minimum atomic E-state index is 0.242. The summed E-state index contributed by atoms with van der Waals surface area (Å²) in [5.41, 5.74) is 6.70. The Balaban J connectivity index is 2.07. The summed E-state index contributed by atoms with van der Waals surface area (Å²) in [5, 5.41) is 8.92. The molecule has 1 aromatic heterocycles. The van der Waals surface area contributed by atoms with Gasteiger partial charge in [0.05, 0.1) is 11.9 Å². The van der Waals surface area contributed by atoms with Gasteiger partial charge in [0.25, 0.3) is 0 Å². The average molecular weight is 221 g/mol. The third-order valence-corrected chi connectivity index (χ3v) is 3.17. The van der Waals surface area contributed by atoms with E-state index in [0.717, 1.165) is 18.7 Å². The largest absolute Gasteiger partial charge is 0.396 e. The molecule has 1 saturated carbocycles. The molecular formula is C12H19N3O. The lowest BCUT2D eigenvalue weighted by molar-refractivity contribution is 0.283. The van der Waals surface area contributed by atoms with Crippen LogP contribution >= 0.6 is 0 Å². The molecular weight excluding hydrogens is 202 g/mol. The van der Waals surface area contributed by atoms with Gasteiger partial charge in [0.1, 0.15) is 5.82 Å². The standard InChI is InChI=1S/C12H19N3O/c13-12-6-5-11(9-14-12)15(7-2-8-16)10-3-1-4-10/h5-6,9-10,16H,1-4,7-8H2,(H2,13,14). The van der Waals surface area contributed by atoms with Gasteiger partial charge in [-0.15, -0.1) is 0 Å². The number of aliphatic hydroxyl groups excluding tert-OH is 1. The molecule has 1 aliphatic rings. The van der Waals surface area contributed by atoms with Crippen molar-refractivity contribution in [2.45, 2.75) is 31.7 Å². The second-order valence-corrected chi connectivity index (χ2v) is 4.30. The molecule has 1 heterocycles. The molecule has 4 heteroatoms. The minimum Gasteiger partial charge on any atom is -0.396 e. The fourth-order valence-corrected chi connectivity index (χ4v) is 2.03. The Kier molecular flexibility index (Phi) is 3.62. The van der Waals surface area contributed by atoms with Gasteiger partial charge >= 0.3 is 0 Å². The highest BCUT2D eigenvalue weighted by molar-refractivity contribution is 5.49. The van der Waals surface area contributed by atoms with Gasteiger partial charge in [-0.25, -0.2) is 4.98 Å². The number of aromatic nitrogens is 1. The first-order valence-corrected chi connectivity index (χ1v) is 5.90. The van der Waals surface area contributed by atoms with E-state index in [0.29, 0.717) is 11.9 Å². The Morgan fingerprint density at radius 2 is 2.25 bits per heavy atom. The summed E-state index contributed by atoms with van der Waals surface area (Å²) in [6, 6.07) is 4.47. The number of hydrogen-bond acceptors (Lipinski definition) is 4. The molecule has 1 aliphatic carbocycles. The summed E-state index contributed by atoms with van der Waals surface area (Å²) in [6.45, 7) is 1.14. The molecule has 0 aromatic carbocycles. The van der Waals surface area contributed by atoms with Crippen LogP contribution in [-0.2, 0) is 0 Å². The summed E-state index contributed by atoms with van der Waals surface area (Å²) >= 11 is 0. The molecule has 16 heavy (non-hydrogen) atoms. The predicted molar refractivity (Wildman–Crippen MR) is 65.3 cm³/mol. The van der Waals surface area contributed by atoms with Crippen molar-refractivity contribution in [2.24, 2.45) is 0 Å². The Morgan fingerprint density at radius 3 is 2.75 bits per heavy atom. The van der Waals surface area contributed by atoms with Crippen molar-refractivity contribution >= 4 is 11.5 Å². The maximum absolute atomic E-state index is 8.92. The van der Waals surface area contributed by atoms with Crippen molar-refractivity contribution in [3.63, 3.8) is 0 Å². The smallest absolute Gasteiger partial charge is 0.123 e. The Morgan fingerprint density at radius 1 is 1.44 bits per heavy atom. The topological polar surface area (TPSA) is 62.4 Å². The lowest BCUT2D eigenvalue weighted by Crippen LogP contribution is -2.41. The molecule has 0 saturated heterocycles. The molecule has 0 amide bonds. The number of hydrogen-bond donors (Lipinski definition) is 2. The van der Waals surface area contributed by atoms with Crippen LogP contribution in [0.2, 0.25) is 0 Å². The monoisotopic (exact) mass is 221 g/mol.